The first-order valence-electron chi connectivity index (χ1n) is 5.74. The van der Waals surface area contributed by atoms with E-state index >= 15 is 0 Å². The molecule has 82 valence electrons. The van der Waals surface area contributed by atoms with Gasteiger partial charge in [0.05, 0.1) is 6.61 Å². The summed E-state index contributed by atoms with van der Waals surface area (Å²) >= 11 is 0. The van der Waals surface area contributed by atoms with Crippen LogP contribution in [0, 0.1) is 5.92 Å². The quantitative estimate of drug-likeness (QED) is 0.724. The Labute approximate surface area is 91.4 Å². The zero-order valence-corrected chi connectivity index (χ0v) is 9.11. The van der Waals surface area contributed by atoms with Crippen molar-refractivity contribution in [2.24, 2.45) is 11.7 Å². The zero-order chi connectivity index (χ0) is 10.5. The topological polar surface area (TPSA) is 35.2 Å². The van der Waals surface area contributed by atoms with Crippen LogP contribution in [0.5, 0.6) is 0 Å². The molecule has 1 saturated carbocycles. The third-order valence-corrected chi connectivity index (χ3v) is 2.86. The molecule has 0 bridgehead atoms. The normalized spacial score (nSPS) is 15.5. The van der Waals surface area contributed by atoms with Crippen molar-refractivity contribution in [1.29, 1.82) is 0 Å². The van der Waals surface area contributed by atoms with E-state index in [1.807, 2.05) is 12.1 Å². The van der Waals surface area contributed by atoms with Gasteiger partial charge in [-0.1, -0.05) is 37.1 Å². The summed E-state index contributed by atoms with van der Waals surface area (Å²) in [6.07, 6.45) is 4.05. The molecule has 0 aromatic heterocycles. The zero-order valence-electron chi connectivity index (χ0n) is 9.11. The summed E-state index contributed by atoms with van der Waals surface area (Å²) in [5.74, 6) is 0.959. The third-order valence-electron chi connectivity index (χ3n) is 2.86. The molecule has 0 atom stereocenters. The van der Waals surface area contributed by atoms with Gasteiger partial charge in [-0.15, -0.1) is 0 Å². The SMILES string of the molecule is NCc1cccc(COCCC2CC2)c1. The van der Waals surface area contributed by atoms with Gasteiger partial charge in [-0.25, -0.2) is 0 Å². The molecular formula is C13H19NO. The summed E-state index contributed by atoms with van der Waals surface area (Å²) in [7, 11) is 0. The number of benzene rings is 1. The highest BCUT2D eigenvalue weighted by molar-refractivity contribution is 5.22. The summed E-state index contributed by atoms with van der Waals surface area (Å²) in [6, 6.07) is 8.31. The fourth-order valence-corrected chi connectivity index (χ4v) is 1.69. The summed E-state index contributed by atoms with van der Waals surface area (Å²) in [4.78, 5) is 0. The van der Waals surface area contributed by atoms with Crippen LogP contribution in [0.1, 0.15) is 30.4 Å². The standard InChI is InChI=1S/C13H19NO/c14-9-12-2-1-3-13(8-12)10-15-7-6-11-4-5-11/h1-3,8,11H,4-7,9-10,14H2. The molecule has 0 amide bonds. The Morgan fingerprint density at radius 1 is 1.27 bits per heavy atom. The maximum atomic E-state index is 5.63. The molecule has 0 unspecified atom stereocenters. The largest absolute Gasteiger partial charge is 0.377 e. The molecule has 1 aliphatic carbocycles. The minimum Gasteiger partial charge on any atom is -0.377 e. The van der Waals surface area contributed by atoms with Crippen molar-refractivity contribution >= 4 is 0 Å². The number of hydrogen-bond acceptors (Lipinski definition) is 2. The van der Waals surface area contributed by atoms with Crippen molar-refractivity contribution in [3.05, 3.63) is 35.4 Å². The molecule has 2 nitrogen and oxygen atoms in total. The highest BCUT2D eigenvalue weighted by atomic mass is 16.5. The Kier molecular flexibility index (Phi) is 3.75. The van der Waals surface area contributed by atoms with Crippen molar-refractivity contribution in [1.82, 2.24) is 0 Å². The van der Waals surface area contributed by atoms with Gasteiger partial charge >= 0.3 is 0 Å². The first-order chi connectivity index (χ1) is 7.38. The van der Waals surface area contributed by atoms with Gasteiger partial charge < -0.3 is 10.5 Å². The molecule has 15 heavy (non-hydrogen) atoms. The van der Waals surface area contributed by atoms with Gasteiger partial charge in [-0.05, 0) is 23.5 Å². The number of hydrogen-bond donors (Lipinski definition) is 1. The van der Waals surface area contributed by atoms with Crippen LogP contribution in [0.2, 0.25) is 0 Å². The van der Waals surface area contributed by atoms with E-state index in [2.05, 4.69) is 12.1 Å². The molecule has 2 N–H and O–H groups in total. The first kappa shape index (κ1) is 10.7. The Balaban J connectivity index is 1.71. The molecule has 0 aliphatic heterocycles. The van der Waals surface area contributed by atoms with Crippen LogP contribution in [0.3, 0.4) is 0 Å². The van der Waals surface area contributed by atoms with Gasteiger partial charge in [0.2, 0.25) is 0 Å². The molecule has 0 radical (unpaired) electrons. The van der Waals surface area contributed by atoms with Gasteiger partial charge in [0.25, 0.3) is 0 Å². The fourth-order valence-electron chi connectivity index (χ4n) is 1.69. The lowest BCUT2D eigenvalue weighted by atomic mass is 10.1. The average molecular weight is 205 g/mol. The van der Waals surface area contributed by atoms with Crippen molar-refractivity contribution in [3.8, 4) is 0 Å². The number of rotatable bonds is 6. The Hall–Kier alpha value is -0.860. The Morgan fingerprint density at radius 2 is 2.07 bits per heavy atom. The van der Waals surface area contributed by atoms with Gasteiger partial charge in [0.1, 0.15) is 0 Å². The van der Waals surface area contributed by atoms with E-state index in [0.717, 1.165) is 19.1 Å². The monoisotopic (exact) mass is 205 g/mol. The maximum Gasteiger partial charge on any atom is 0.0716 e. The van der Waals surface area contributed by atoms with Gasteiger partial charge in [0, 0.05) is 13.2 Å². The average Bonchev–Trinajstić information content (AvgIpc) is 3.09. The van der Waals surface area contributed by atoms with E-state index < -0.39 is 0 Å². The highest BCUT2D eigenvalue weighted by Crippen LogP contribution is 2.32. The van der Waals surface area contributed by atoms with E-state index in [0.29, 0.717) is 6.54 Å². The second kappa shape index (κ2) is 5.29. The fraction of sp³-hybridized carbons (Fsp3) is 0.538. The van der Waals surface area contributed by atoms with Crippen LogP contribution in [0.4, 0.5) is 0 Å². The van der Waals surface area contributed by atoms with Gasteiger partial charge in [0.15, 0.2) is 0 Å². The second-order valence-corrected chi connectivity index (χ2v) is 4.31. The smallest absolute Gasteiger partial charge is 0.0716 e. The van der Waals surface area contributed by atoms with Crippen LogP contribution in [-0.4, -0.2) is 6.61 Å². The lowest BCUT2D eigenvalue weighted by Crippen LogP contribution is -1.99. The van der Waals surface area contributed by atoms with Crippen molar-refractivity contribution in [2.75, 3.05) is 6.61 Å². The molecule has 1 aliphatic rings. The summed E-state index contributed by atoms with van der Waals surface area (Å²) in [5, 5.41) is 0. The summed E-state index contributed by atoms with van der Waals surface area (Å²) in [5.41, 5.74) is 7.99. The molecule has 1 aromatic rings. The van der Waals surface area contributed by atoms with Crippen LogP contribution in [-0.2, 0) is 17.9 Å². The van der Waals surface area contributed by atoms with E-state index in [1.165, 1.54) is 30.4 Å². The predicted octanol–water partition coefficient (Wildman–Crippen LogP) is 2.46. The Morgan fingerprint density at radius 3 is 2.80 bits per heavy atom. The molecule has 2 rings (SSSR count). The molecule has 0 saturated heterocycles. The van der Waals surface area contributed by atoms with Crippen LogP contribution >= 0.6 is 0 Å². The number of ether oxygens (including phenoxy) is 1. The summed E-state index contributed by atoms with van der Waals surface area (Å²) in [6.45, 7) is 2.23. The summed E-state index contributed by atoms with van der Waals surface area (Å²) < 4.78 is 5.63. The lowest BCUT2D eigenvalue weighted by Gasteiger charge is -2.05. The van der Waals surface area contributed by atoms with E-state index in [1.54, 1.807) is 0 Å². The second-order valence-electron chi connectivity index (χ2n) is 4.31. The molecule has 0 heterocycles. The predicted molar refractivity (Wildman–Crippen MR) is 61.3 cm³/mol. The van der Waals surface area contributed by atoms with Crippen LogP contribution in [0.15, 0.2) is 24.3 Å². The van der Waals surface area contributed by atoms with Gasteiger partial charge in [-0.2, -0.15) is 0 Å². The van der Waals surface area contributed by atoms with Crippen molar-refractivity contribution < 1.29 is 4.74 Å². The van der Waals surface area contributed by atoms with Crippen LogP contribution in [0.25, 0.3) is 0 Å². The van der Waals surface area contributed by atoms with E-state index in [9.17, 15) is 0 Å². The molecule has 1 fully saturated rings. The van der Waals surface area contributed by atoms with Crippen molar-refractivity contribution in [3.63, 3.8) is 0 Å². The Bertz CT molecular complexity index is 307. The maximum absolute atomic E-state index is 5.63. The first-order valence-corrected chi connectivity index (χ1v) is 5.74. The highest BCUT2D eigenvalue weighted by Gasteiger charge is 2.20. The third kappa shape index (κ3) is 3.65. The lowest BCUT2D eigenvalue weighted by molar-refractivity contribution is 0.115. The van der Waals surface area contributed by atoms with E-state index in [4.69, 9.17) is 10.5 Å². The van der Waals surface area contributed by atoms with E-state index in [-0.39, 0.29) is 0 Å². The van der Waals surface area contributed by atoms with Crippen LogP contribution < -0.4 is 5.73 Å². The molecule has 0 spiro atoms. The van der Waals surface area contributed by atoms with Gasteiger partial charge in [-0.3, -0.25) is 0 Å². The minimum atomic E-state index is 0.607. The minimum absolute atomic E-state index is 0.607. The molecule has 1 aromatic carbocycles. The molecular weight excluding hydrogens is 186 g/mol. The molecule has 2 heteroatoms. The number of nitrogens with two attached hydrogens (primary N) is 1. The van der Waals surface area contributed by atoms with Crippen molar-refractivity contribution in [2.45, 2.75) is 32.4 Å².